The quantitative estimate of drug-likeness (QED) is 0.365. The SMILES string of the molecule is Cc1cc(C2(c3ccc(OCCO)c(C)c3)CCCCCCCCCCCCCCC2)ccc1OCCO. The first-order chi connectivity index (χ1) is 18.6. The van der Waals surface area contributed by atoms with Crippen LogP contribution in [-0.4, -0.2) is 36.6 Å². The molecule has 0 saturated heterocycles. The van der Waals surface area contributed by atoms with Crippen molar-refractivity contribution >= 4 is 0 Å². The number of aliphatic hydroxyl groups excluding tert-OH is 2. The van der Waals surface area contributed by atoms with Gasteiger partial charge in [0.25, 0.3) is 0 Å². The molecular formula is C34H52O4. The first kappa shape index (κ1) is 30.5. The van der Waals surface area contributed by atoms with Gasteiger partial charge in [0.1, 0.15) is 24.7 Å². The van der Waals surface area contributed by atoms with Crippen LogP contribution in [0.1, 0.15) is 119 Å². The summed E-state index contributed by atoms with van der Waals surface area (Å²) in [5, 5.41) is 18.5. The highest BCUT2D eigenvalue weighted by molar-refractivity contribution is 5.48. The van der Waals surface area contributed by atoms with E-state index < -0.39 is 0 Å². The lowest BCUT2D eigenvalue weighted by atomic mass is 9.67. The lowest BCUT2D eigenvalue weighted by molar-refractivity contribution is 0.200. The van der Waals surface area contributed by atoms with Crippen LogP contribution in [-0.2, 0) is 5.41 Å². The van der Waals surface area contributed by atoms with Crippen molar-refractivity contribution < 1.29 is 19.7 Å². The maximum Gasteiger partial charge on any atom is 0.122 e. The molecule has 38 heavy (non-hydrogen) atoms. The fourth-order valence-electron chi connectivity index (χ4n) is 6.20. The van der Waals surface area contributed by atoms with Crippen molar-refractivity contribution in [3.63, 3.8) is 0 Å². The number of hydrogen-bond acceptors (Lipinski definition) is 4. The molecule has 3 rings (SSSR count). The summed E-state index contributed by atoms with van der Waals surface area (Å²) in [5.74, 6) is 1.71. The van der Waals surface area contributed by atoms with Gasteiger partial charge in [0.05, 0.1) is 13.2 Å². The molecule has 0 amide bonds. The van der Waals surface area contributed by atoms with Crippen molar-refractivity contribution in [3.05, 3.63) is 58.7 Å². The third-order valence-corrected chi connectivity index (χ3v) is 8.36. The van der Waals surface area contributed by atoms with E-state index in [1.807, 2.05) is 0 Å². The van der Waals surface area contributed by atoms with E-state index in [1.165, 1.54) is 94.6 Å². The molecule has 0 radical (unpaired) electrons. The number of rotatable bonds is 8. The van der Waals surface area contributed by atoms with E-state index in [0.29, 0.717) is 13.2 Å². The average molecular weight is 525 g/mol. The van der Waals surface area contributed by atoms with E-state index in [0.717, 1.165) is 35.5 Å². The zero-order valence-electron chi connectivity index (χ0n) is 24.1. The van der Waals surface area contributed by atoms with Crippen molar-refractivity contribution in [2.24, 2.45) is 0 Å². The molecule has 0 unspecified atom stereocenters. The third-order valence-electron chi connectivity index (χ3n) is 8.36. The van der Waals surface area contributed by atoms with Gasteiger partial charge in [-0.25, -0.2) is 0 Å². The van der Waals surface area contributed by atoms with E-state index >= 15 is 0 Å². The van der Waals surface area contributed by atoms with Gasteiger partial charge in [-0.05, 0) is 61.1 Å². The Hall–Kier alpha value is -2.04. The lowest BCUT2D eigenvalue weighted by Gasteiger charge is -2.37. The van der Waals surface area contributed by atoms with E-state index in [2.05, 4.69) is 50.2 Å². The van der Waals surface area contributed by atoms with Gasteiger partial charge in [-0.15, -0.1) is 0 Å². The van der Waals surface area contributed by atoms with Crippen LogP contribution >= 0.6 is 0 Å². The molecule has 2 aromatic rings. The number of aryl methyl sites for hydroxylation is 2. The smallest absolute Gasteiger partial charge is 0.122 e. The maximum absolute atomic E-state index is 9.24. The van der Waals surface area contributed by atoms with E-state index in [1.54, 1.807) is 0 Å². The van der Waals surface area contributed by atoms with Crippen molar-refractivity contribution in [1.82, 2.24) is 0 Å². The zero-order valence-corrected chi connectivity index (χ0v) is 24.1. The monoisotopic (exact) mass is 524 g/mol. The van der Waals surface area contributed by atoms with E-state index in [4.69, 9.17) is 9.47 Å². The van der Waals surface area contributed by atoms with Crippen LogP contribution in [0, 0.1) is 13.8 Å². The predicted molar refractivity (Wildman–Crippen MR) is 158 cm³/mol. The Morgan fingerprint density at radius 1 is 0.553 bits per heavy atom. The van der Waals surface area contributed by atoms with Crippen LogP contribution in [0.4, 0.5) is 0 Å². The normalized spacial score (nSPS) is 18.1. The van der Waals surface area contributed by atoms with Crippen LogP contribution in [0.2, 0.25) is 0 Å². The number of hydrogen-bond donors (Lipinski definition) is 2. The van der Waals surface area contributed by atoms with Gasteiger partial charge in [-0.2, -0.15) is 0 Å². The summed E-state index contributed by atoms with van der Waals surface area (Å²) in [5.41, 5.74) is 4.94. The van der Waals surface area contributed by atoms with Crippen LogP contribution in [0.15, 0.2) is 36.4 Å². The first-order valence-corrected chi connectivity index (χ1v) is 15.3. The molecule has 1 saturated carbocycles. The van der Waals surface area contributed by atoms with Gasteiger partial charge in [-0.3, -0.25) is 0 Å². The maximum atomic E-state index is 9.24. The molecule has 4 nitrogen and oxygen atoms in total. The molecule has 4 heteroatoms. The lowest BCUT2D eigenvalue weighted by Crippen LogP contribution is -2.28. The second-order valence-electron chi connectivity index (χ2n) is 11.3. The summed E-state index contributed by atoms with van der Waals surface area (Å²) in [6.07, 6.45) is 19.7. The minimum absolute atomic E-state index is 0.0229. The number of aliphatic hydroxyl groups is 2. The molecule has 0 aliphatic heterocycles. The fourth-order valence-corrected chi connectivity index (χ4v) is 6.20. The molecule has 0 bridgehead atoms. The predicted octanol–water partition coefficient (Wildman–Crippen LogP) is 8.20. The minimum Gasteiger partial charge on any atom is -0.491 e. The van der Waals surface area contributed by atoms with Gasteiger partial charge in [0.2, 0.25) is 0 Å². The summed E-state index contributed by atoms with van der Waals surface area (Å²) in [6.45, 7) is 4.93. The highest BCUT2D eigenvalue weighted by Gasteiger charge is 2.34. The fraction of sp³-hybridized carbons (Fsp3) is 0.647. The molecule has 0 spiro atoms. The Morgan fingerprint density at radius 3 is 1.21 bits per heavy atom. The first-order valence-electron chi connectivity index (χ1n) is 15.3. The summed E-state index contributed by atoms with van der Waals surface area (Å²) in [7, 11) is 0. The summed E-state index contributed by atoms with van der Waals surface area (Å²) in [6, 6.07) is 13.4. The summed E-state index contributed by atoms with van der Waals surface area (Å²) < 4.78 is 11.6. The van der Waals surface area contributed by atoms with Crippen LogP contribution < -0.4 is 9.47 Å². The van der Waals surface area contributed by atoms with Crippen molar-refractivity contribution in [1.29, 1.82) is 0 Å². The molecule has 212 valence electrons. The largest absolute Gasteiger partial charge is 0.491 e. The Morgan fingerprint density at radius 2 is 0.895 bits per heavy atom. The molecule has 2 aromatic carbocycles. The molecule has 1 aliphatic rings. The van der Waals surface area contributed by atoms with Gasteiger partial charge < -0.3 is 19.7 Å². The highest BCUT2D eigenvalue weighted by atomic mass is 16.5. The highest BCUT2D eigenvalue weighted by Crippen LogP contribution is 2.44. The van der Waals surface area contributed by atoms with Gasteiger partial charge in [0.15, 0.2) is 0 Å². The number of ether oxygens (including phenoxy) is 2. The van der Waals surface area contributed by atoms with Gasteiger partial charge >= 0.3 is 0 Å². The third kappa shape index (κ3) is 9.02. The van der Waals surface area contributed by atoms with Crippen molar-refractivity contribution in [2.45, 2.75) is 116 Å². The number of benzene rings is 2. The second-order valence-corrected chi connectivity index (χ2v) is 11.3. The molecule has 1 fully saturated rings. The average Bonchev–Trinajstić information content (AvgIpc) is 2.92. The van der Waals surface area contributed by atoms with Crippen molar-refractivity contribution in [3.8, 4) is 11.5 Å². The molecule has 0 atom stereocenters. The van der Waals surface area contributed by atoms with Crippen LogP contribution in [0.5, 0.6) is 11.5 Å². The molecule has 1 aliphatic carbocycles. The summed E-state index contributed by atoms with van der Waals surface area (Å²) in [4.78, 5) is 0. The summed E-state index contributed by atoms with van der Waals surface area (Å²) >= 11 is 0. The van der Waals surface area contributed by atoms with Gasteiger partial charge in [-0.1, -0.05) is 108 Å². The van der Waals surface area contributed by atoms with Crippen molar-refractivity contribution in [2.75, 3.05) is 26.4 Å². The Kier molecular flexibility index (Phi) is 13.5. The van der Waals surface area contributed by atoms with Crippen LogP contribution in [0.25, 0.3) is 0 Å². The van der Waals surface area contributed by atoms with E-state index in [-0.39, 0.29) is 18.6 Å². The molecule has 0 aromatic heterocycles. The zero-order chi connectivity index (χ0) is 27.1. The van der Waals surface area contributed by atoms with Gasteiger partial charge in [0, 0.05) is 5.41 Å². The Bertz CT molecular complexity index is 863. The van der Waals surface area contributed by atoms with E-state index in [9.17, 15) is 10.2 Å². The van der Waals surface area contributed by atoms with Crippen LogP contribution in [0.3, 0.4) is 0 Å². The molecular weight excluding hydrogens is 472 g/mol. The topological polar surface area (TPSA) is 58.9 Å². The molecule has 2 N–H and O–H groups in total. The standard InChI is InChI=1S/C34H52O4/c1-28-26-30(16-18-32(28)37-24-22-35)34(31-17-19-33(29(2)27-31)38-25-23-36)20-14-12-10-8-6-4-3-5-7-9-11-13-15-21-34/h16-19,26-27,35-36H,3-15,20-25H2,1-2H3. The Balaban J connectivity index is 1.97. The Labute approximate surface area is 231 Å². The molecule has 0 heterocycles. The second kappa shape index (κ2) is 16.8. The minimum atomic E-state index is -0.0579.